The molecule has 1 N–H and O–H groups in total. The predicted octanol–water partition coefficient (Wildman–Crippen LogP) is 5.14. The molecule has 218 valence electrons. The maximum atomic E-state index is 14.1. The second-order valence-electron chi connectivity index (χ2n) is 10.2. The predicted molar refractivity (Wildman–Crippen MR) is 149 cm³/mol. The fraction of sp³-hybridized carbons (Fsp3) is 0.375. The van der Waals surface area contributed by atoms with Crippen molar-refractivity contribution in [1.82, 2.24) is 4.90 Å². The number of hydrogen-bond donors (Lipinski definition) is 1. The molecule has 9 heteroatoms. The first kappa shape index (κ1) is 30.1. The van der Waals surface area contributed by atoms with Crippen LogP contribution in [0, 0.1) is 17.6 Å². The molecule has 1 fully saturated rings. The van der Waals surface area contributed by atoms with E-state index in [0.717, 1.165) is 26.1 Å². The molecule has 4 rings (SSSR count). The van der Waals surface area contributed by atoms with Gasteiger partial charge in [0, 0.05) is 19.0 Å². The molecule has 0 bridgehead atoms. The number of carbonyl (C=O) groups excluding carboxylic acids is 2. The van der Waals surface area contributed by atoms with Crippen LogP contribution in [0.4, 0.5) is 8.78 Å². The molecule has 0 radical (unpaired) electrons. The number of Topliss-reactive ketones (excluding diaryl/α,β-unsaturated/α-hetero) is 1. The average Bonchev–Trinajstić information content (AvgIpc) is 2.98. The van der Waals surface area contributed by atoms with Gasteiger partial charge in [0.25, 0.3) is 0 Å². The number of methoxy groups -OCH3 is 1. The van der Waals surface area contributed by atoms with E-state index in [0.29, 0.717) is 47.6 Å². The number of benzene rings is 3. The Hall–Kier alpha value is -3.82. The average molecular weight is 568 g/mol. The van der Waals surface area contributed by atoms with Gasteiger partial charge in [0.2, 0.25) is 0 Å². The van der Waals surface area contributed by atoms with Crippen molar-refractivity contribution in [2.24, 2.45) is 5.92 Å². The first-order valence-corrected chi connectivity index (χ1v) is 13.6. The quantitative estimate of drug-likeness (QED) is 0.184. The Morgan fingerprint density at radius 1 is 0.951 bits per heavy atom. The van der Waals surface area contributed by atoms with E-state index in [4.69, 9.17) is 14.2 Å². The van der Waals surface area contributed by atoms with Gasteiger partial charge >= 0.3 is 5.97 Å². The van der Waals surface area contributed by atoms with Crippen molar-refractivity contribution in [2.45, 2.75) is 31.8 Å². The molecule has 0 unspecified atom stereocenters. The van der Waals surface area contributed by atoms with Gasteiger partial charge in [0.15, 0.2) is 23.9 Å². The Morgan fingerprint density at radius 3 is 2.15 bits per heavy atom. The molecular weight excluding hydrogens is 532 g/mol. The number of nitrogens with zero attached hydrogens (tertiary/aromatic N) is 1. The number of esters is 1. The monoisotopic (exact) mass is 567 g/mol. The van der Waals surface area contributed by atoms with Crippen LogP contribution in [-0.2, 0) is 15.1 Å². The number of likely N-dealkylation sites (tertiary alicyclic amines) is 1. The topological polar surface area (TPSA) is 85.3 Å². The third kappa shape index (κ3) is 7.48. The lowest BCUT2D eigenvalue weighted by molar-refractivity contribution is -0.139. The van der Waals surface area contributed by atoms with Crippen LogP contribution in [-0.4, -0.2) is 61.7 Å². The Morgan fingerprint density at radius 2 is 1.59 bits per heavy atom. The highest BCUT2D eigenvalue weighted by Gasteiger charge is 2.42. The van der Waals surface area contributed by atoms with Crippen molar-refractivity contribution in [2.75, 3.05) is 40.0 Å². The highest BCUT2D eigenvalue weighted by atomic mass is 19.1. The first-order chi connectivity index (χ1) is 19.7. The van der Waals surface area contributed by atoms with E-state index in [1.165, 1.54) is 38.3 Å². The summed E-state index contributed by atoms with van der Waals surface area (Å²) >= 11 is 0. The lowest BCUT2D eigenvalue weighted by atomic mass is 9.72. The SMILES string of the molecule is COc1cc(C(=O)COC(C)=O)ccc1OCCCN1CCC(C(O)(c2cccc(F)c2)c2cccc(F)c2)CC1. The van der Waals surface area contributed by atoms with Crippen molar-refractivity contribution in [1.29, 1.82) is 0 Å². The third-order valence-electron chi connectivity index (χ3n) is 7.48. The fourth-order valence-corrected chi connectivity index (χ4v) is 5.34. The summed E-state index contributed by atoms with van der Waals surface area (Å²) in [5.74, 6) is -1.06. The number of ether oxygens (including phenoxy) is 3. The Kier molecular flexibility index (Phi) is 10.1. The van der Waals surface area contributed by atoms with Crippen LogP contribution in [0.3, 0.4) is 0 Å². The summed E-state index contributed by atoms with van der Waals surface area (Å²) < 4.78 is 44.3. The Balaban J connectivity index is 1.32. The molecule has 41 heavy (non-hydrogen) atoms. The second-order valence-corrected chi connectivity index (χ2v) is 10.2. The van der Waals surface area contributed by atoms with Crippen LogP contribution < -0.4 is 9.47 Å². The van der Waals surface area contributed by atoms with Gasteiger partial charge in [-0.25, -0.2) is 8.78 Å². The van der Waals surface area contributed by atoms with Crippen molar-refractivity contribution < 1.29 is 37.7 Å². The highest BCUT2D eigenvalue weighted by Crippen LogP contribution is 2.42. The van der Waals surface area contributed by atoms with E-state index in [1.54, 1.807) is 42.5 Å². The molecule has 3 aromatic rings. The molecular formula is C32H35F2NO6. The van der Waals surface area contributed by atoms with Gasteiger partial charge in [-0.15, -0.1) is 0 Å². The molecule has 0 aliphatic carbocycles. The molecule has 0 spiro atoms. The molecule has 1 aliphatic rings. The minimum atomic E-state index is -1.51. The summed E-state index contributed by atoms with van der Waals surface area (Å²) in [6.45, 7) is 3.55. The summed E-state index contributed by atoms with van der Waals surface area (Å²) in [5, 5.41) is 12.0. The van der Waals surface area contributed by atoms with Gasteiger partial charge in [-0.05, 0) is 91.9 Å². The zero-order valence-corrected chi connectivity index (χ0v) is 23.3. The zero-order valence-electron chi connectivity index (χ0n) is 23.3. The van der Waals surface area contributed by atoms with Gasteiger partial charge in [0.1, 0.15) is 17.2 Å². The number of carbonyl (C=O) groups is 2. The molecule has 0 aromatic heterocycles. The van der Waals surface area contributed by atoms with E-state index >= 15 is 0 Å². The number of piperidine rings is 1. The summed E-state index contributed by atoms with van der Waals surface area (Å²) in [5.41, 5.74) is -0.317. The van der Waals surface area contributed by atoms with Crippen LogP contribution in [0.1, 0.15) is 47.7 Å². The lowest BCUT2D eigenvalue weighted by Crippen LogP contribution is -2.44. The second kappa shape index (κ2) is 13.7. The number of halogens is 2. The van der Waals surface area contributed by atoms with E-state index in [9.17, 15) is 23.5 Å². The maximum absolute atomic E-state index is 14.1. The fourth-order valence-electron chi connectivity index (χ4n) is 5.34. The molecule has 1 aliphatic heterocycles. The van der Waals surface area contributed by atoms with E-state index in [2.05, 4.69) is 4.90 Å². The standard InChI is InChI=1S/C32H35F2NO6/c1-22(36)41-21-29(37)23-10-11-30(31(18-23)39-2)40-17-5-14-35-15-12-24(13-16-35)32(38,25-6-3-8-27(33)19-25)26-7-4-9-28(34)20-26/h3-4,6-11,18-20,24,38H,5,12-17,21H2,1-2H3. The van der Waals surface area contributed by atoms with Gasteiger partial charge in [-0.3, -0.25) is 9.59 Å². The Labute approximate surface area is 238 Å². The summed E-state index contributed by atoms with van der Waals surface area (Å²) in [4.78, 5) is 25.5. The van der Waals surface area contributed by atoms with Crippen LogP contribution in [0.25, 0.3) is 0 Å². The molecule has 0 atom stereocenters. The van der Waals surface area contributed by atoms with E-state index < -0.39 is 23.2 Å². The number of ketones is 1. The van der Waals surface area contributed by atoms with Gasteiger partial charge in [-0.2, -0.15) is 0 Å². The van der Waals surface area contributed by atoms with Gasteiger partial charge in [0.05, 0.1) is 13.7 Å². The molecule has 1 saturated heterocycles. The highest BCUT2D eigenvalue weighted by molar-refractivity contribution is 5.98. The maximum Gasteiger partial charge on any atom is 0.303 e. The summed E-state index contributed by atoms with van der Waals surface area (Å²) in [7, 11) is 1.49. The smallest absolute Gasteiger partial charge is 0.303 e. The molecule has 1 heterocycles. The van der Waals surface area contributed by atoms with Crippen molar-refractivity contribution >= 4 is 11.8 Å². The number of rotatable bonds is 12. The molecule has 3 aromatic carbocycles. The molecule has 0 saturated carbocycles. The van der Waals surface area contributed by atoms with Crippen molar-refractivity contribution in [3.8, 4) is 11.5 Å². The van der Waals surface area contributed by atoms with Crippen LogP contribution >= 0.6 is 0 Å². The first-order valence-electron chi connectivity index (χ1n) is 13.6. The van der Waals surface area contributed by atoms with Gasteiger partial charge < -0.3 is 24.2 Å². The van der Waals surface area contributed by atoms with Crippen LogP contribution in [0.2, 0.25) is 0 Å². The number of aliphatic hydroxyl groups is 1. The number of hydrogen-bond acceptors (Lipinski definition) is 7. The Bertz CT molecular complexity index is 1310. The molecule has 0 amide bonds. The van der Waals surface area contributed by atoms with Crippen LogP contribution in [0.15, 0.2) is 66.7 Å². The van der Waals surface area contributed by atoms with E-state index in [1.807, 2.05) is 0 Å². The minimum absolute atomic E-state index is 0.218. The normalized spacial score (nSPS) is 14.5. The molecule has 7 nitrogen and oxygen atoms in total. The van der Waals surface area contributed by atoms with Crippen molar-refractivity contribution in [3.05, 3.63) is 95.1 Å². The minimum Gasteiger partial charge on any atom is -0.493 e. The van der Waals surface area contributed by atoms with E-state index in [-0.39, 0.29) is 18.3 Å². The lowest BCUT2D eigenvalue weighted by Gasteiger charge is -2.42. The van der Waals surface area contributed by atoms with Crippen LogP contribution in [0.5, 0.6) is 11.5 Å². The summed E-state index contributed by atoms with van der Waals surface area (Å²) in [6.07, 6.45) is 2.04. The van der Waals surface area contributed by atoms with Gasteiger partial charge in [-0.1, -0.05) is 24.3 Å². The van der Waals surface area contributed by atoms with Crippen molar-refractivity contribution in [3.63, 3.8) is 0 Å². The largest absolute Gasteiger partial charge is 0.493 e. The summed E-state index contributed by atoms with van der Waals surface area (Å²) in [6, 6.07) is 16.6. The zero-order chi connectivity index (χ0) is 29.4. The third-order valence-corrected chi connectivity index (χ3v) is 7.48.